The summed E-state index contributed by atoms with van der Waals surface area (Å²) in [6, 6.07) is 11.3. The molecule has 0 saturated carbocycles. The van der Waals surface area contributed by atoms with Gasteiger partial charge >= 0.3 is 5.97 Å². The van der Waals surface area contributed by atoms with Crippen molar-refractivity contribution >= 4 is 37.8 Å². The number of carbonyl (C=O) groups is 1. The van der Waals surface area contributed by atoms with Crippen LogP contribution in [0.4, 0.5) is 0 Å². The summed E-state index contributed by atoms with van der Waals surface area (Å²) in [6.07, 6.45) is 0. The predicted molar refractivity (Wildman–Crippen MR) is 103 cm³/mol. The van der Waals surface area contributed by atoms with E-state index in [1.807, 2.05) is 31.2 Å². The van der Waals surface area contributed by atoms with E-state index >= 15 is 0 Å². The smallest absolute Gasteiger partial charge is 0.349 e. The highest BCUT2D eigenvalue weighted by atomic mass is 79.9. The van der Waals surface area contributed by atoms with Crippen LogP contribution >= 0.6 is 31.9 Å². The van der Waals surface area contributed by atoms with E-state index in [1.165, 1.54) is 0 Å². The molecule has 24 heavy (non-hydrogen) atoms. The van der Waals surface area contributed by atoms with E-state index in [4.69, 9.17) is 9.47 Å². The van der Waals surface area contributed by atoms with Gasteiger partial charge in [-0.25, -0.2) is 4.79 Å². The van der Waals surface area contributed by atoms with Crippen molar-refractivity contribution in [1.29, 1.82) is 0 Å². The minimum absolute atomic E-state index is 0.0353. The van der Waals surface area contributed by atoms with Crippen LogP contribution in [0.1, 0.15) is 31.9 Å². The Bertz CT molecular complexity index is 749. The zero-order chi connectivity index (χ0) is 17.9. The van der Waals surface area contributed by atoms with Crippen LogP contribution in [-0.4, -0.2) is 12.6 Å². The summed E-state index contributed by atoms with van der Waals surface area (Å²) in [5.41, 5.74) is 2.24. The summed E-state index contributed by atoms with van der Waals surface area (Å²) in [5.74, 6) is 0.679. The average Bonchev–Trinajstić information content (AvgIpc) is 2.49. The van der Waals surface area contributed by atoms with Crippen LogP contribution in [0.15, 0.2) is 45.3 Å². The van der Waals surface area contributed by atoms with E-state index < -0.39 is 5.97 Å². The summed E-state index contributed by atoms with van der Waals surface area (Å²) < 4.78 is 12.6. The van der Waals surface area contributed by atoms with Gasteiger partial charge in [-0.15, -0.1) is 0 Å². The second kappa shape index (κ2) is 7.70. The lowest BCUT2D eigenvalue weighted by Crippen LogP contribution is -2.18. The van der Waals surface area contributed by atoms with Crippen molar-refractivity contribution in [2.45, 2.75) is 33.1 Å². The van der Waals surface area contributed by atoms with Crippen molar-refractivity contribution in [3.63, 3.8) is 0 Å². The van der Waals surface area contributed by atoms with E-state index in [9.17, 15) is 4.79 Å². The van der Waals surface area contributed by atoms with Crippen LogP contribution in [0, 0.1) is 6.92 Å². The average molecular weight is 456 g/mol. The molecule has 128 valence electrons. The highest BCUT2D eigenvalue weighted by Gasteiger charge is 2.16. The molecule has 0 aliphatic carbocycles. The van der Waals surface area contributed by atoms with E-state index in [0.717, 1.165) is 20.1 Å². The monoisotopic (exact) mass is 454 g/mol. The molecular weight excluding hydrogens is 436 g/mol. The van der Waals surface area contributed by atoms with Crippen molar-refractivity contribution in [2.75, 3.05) is 6.61 Å². The van der Waals surface area contributed by atoms with Gasteiger partial charge in [-0.2, -0.15) is 0 Å². The predicted octanol–water partition coefficient (Wildman–Crippen LogP) is 5.80. The van der Waals surface area contributed by atoms with Gasteiger partial charge in [0, 0.05) is 4.47 Å². The Hall–Kier alpha value is -1.33. The van der Waals surface area contributed by atoms with Crippen LogP contribution in [0.2, 0.25) is 0 Å². The number of rotatable bonds is 4. The van der Waals surface area contributed by atoms with Crippen molar-refractivity contribution in [2.24, 2.45) is 0 Å². The van der Waals surface area contributed by atoms with Crippen molar-refractivity contribution in [3.8, 4) is 11.5 Å². The number of carbonyl (C=O) groups excluding carboxylic acids is 1. The zero-order valence-corrected chi connectivity index (χ0v) is 17.3. The second-order valence-electron chi connectivity index (χ2n) is 6.57. The summed E-state index contributed by atoms with van der Waals surface area (Å²) in [4.78, 5) is 12.0. The summed E-state index contributed by atoms with van der Waals surface area (Å²) in [7, 11) is 0. The third-order valence-corrected chi connectivity index (χ3v) is 5.02. The molecule has 0 unspecified atom stereocenters. The Labute approximate surface area is 159 Å². The largest absolute Gasteiger partial charge is 0.482 e. The summed E-state index contributed by atoms with van der Waals surface area (Å²) >= 11 is 6.89. The molecule has 0 spiro atoms. The fourth-order valence-corrected chi connectivity index (χ4v) is 2.76. The minimum Gasteiger partial charge on any atom is -0.482 e. The first kappa shape index (κ1) is 19.0. The standard InChI is InChI=1S/C19H20Br2O3/c1-12-9-14(6-7-15(12)20)23-11-18(22)24-17-8-5-13(10-16(17)21)19(2,3)4/h5-10H,11H2,1-4H3. The van der Waals surface area contributed by atoms with Gasteiger partial charge in [-0.1, -0.05) is 42.8 Å². The van der Waals surface area contributed by atoms with Gasteiger partial charge in [0.15, 0.2) is 6.61 Å². The molecule has 5 heteroatoms. The van der Waals surface area contributed by atoms with Crippen LogP contribution in [0.3, 0.4) is 0 Å². The SMILES string of the molecule is Cc1cc(OCC(=O)Oc2ccc(C(C)(C)C)cc2Br)ccc1Br. The molecule has 0 N–H and O–H groups in total. The maximum absolute atomic E-state index is 12.0. The van der Waals surface area contributed by atoms with E-state index in [2.05, 4.69) is 52.6 Å². The van der Waals surface area contributed by atoms with Crippen molar-refractivity contribution in [1.82, 2.24) is 0 Å². The first-order valence-corrected chi connectivity index (χ1v) is 9.15. The number of esters is 1. The lowest BCUT2D eigenvalue weighted by Gasteiger charge is -2.20. The lowest BCUT2D eigenvalue weighted by atomic mass is 9.87. The maximum Gasteiger partial charge on any atom is 0.349 e. The van der Waals surface area contributed by atoms with Gasteiger partial charge in [0.1, 0.15) is 11.5 Å². The molecule has 2 aromatic carbocycles. The first-order valence-electron chi connectivity index (χ1n) is 7.56. The second-order valence-corrected chi connectivity index (χ2v) is 8.28. The normalized spacial score (nSPS) is 11.2. The first-order chi connectivity index (χ1) is 11.2. The van der Waals surface area contributed by atoms with E-state index in [-0.39, 0.29) is 12.0 Å². The van der Waals surface area contributed by atoms with Gasteiger partial charge in [0.05, 0.1) is 4.47 Å². The molecule has 0 atom stereocenters. The fourth-order valence-electron chi connectivity index (χ4n) is 2.05. The molecule has 0 radical (unpaired) electrons. The number of halogens is 2. The van der Waals surface area contributed by atoms with Gasteiger partial charge in [-0.3, -0.25) is 0 Å². The number of ether oxygens (including phenoxy) is 2. The van der Waals surface area contributed by atoms with Crippen LogP contribution in [0.25, 0.3) is 0 Å². The van der Waals surface area contributed by atoms with Crippen LogP contribution in [0.5, 0.6) is 11.5 Å². The number of aryl methyl sites for hydroxylation is 1. The Morgan fingerprint density at radius 3 is 2.33 bits per heavy atom. The van der Waals surface area contributed by atoms with Gasteiger partial charge in [-0.05, 0) is 69.7 Å². The molecule has 0 fully saturated rings. The Balaban J connectivity index is 1.98. The van der Waals surface area contributed by atoms with E-state index in [1.54, 1.807) is 12.1 Å². The minimum atomic E-state index is -0.445. The number of benzene rings is 2. The molecule has 0 saturated heterocycles. The van der Waals surface area contributed by atoms with Gasteiger partial charge < -0.3 is 9.47 Å². The molecule has 0 heterocycles. The summed E-state index contributed by atoms with van der Waals surface area (Å²) in [6.45, 7) is 8.22. The third kappa shape index (κ3) is 5.08. The zero-order valence-electron chi connectivity index (χ0n) is 14.2. The molecule has 2 rings (SSSR count). The quantitative estimate of drug-likeness (QED) is 0.431. The molecule has 0 amide bonds. The van der Waals surface area contributed by atoms with Crippen LogP contribution < -0.4 is 9.47 Å². The number of hydrogen-bond donors (Lipinski definition) is 0. The Morgan fingerprint density at radius 1 is 1.04 bits per heavy atom. The molecule has 0 aliphatic rings. The van der Waals surface area contributed by atoms with Gasteiger partial charge in [0.25, 0.3) is 0 Å². The highest BCUT2D eigenvalue weighted by Crippen LogP contribution is 2.31. The van der Waals surface area contributed by atoms with E-state index in [0.29, 0.717) is 11.5 Å². The Morgan fingerprint density at radius 2 is 1.75 bits per heavy atom. The van der Waals surface area contributed by atoms with Crippen molar-refractivity contribution in [3.05, 3.63) is 56.5 Å². The Kier molecular flexibility index (Phi) is 6.10. The maximum atomic E-state index is 12.0. The molecule has 0 aliphatic heterocycles. The van der Waals surface area contributed by atoms with Crippen LogP contribution in [-0.2, 0) is 10.2 Å². The topological polar surface area (TPSA) is 35.5 Å². The highest BCUT2D eigenvalue weighted by molar-refractivity contribution is 9.10. The molecule has 3 nitrogen and oxygen atoms in total. The molecular formula is C19H20Br2O3. The molecule has 0 aromatic heterocycles. The molecule has 2 aromatic rings. The number of hydrogen-bond acceptors (Lipinski definition) is 3. The third-order valence-electron chi connectivity index (χ3n) is 3.51. The lowest BCUT2D eigenvalue weighted by molar-refractivity contribution is -0.136. The van der Waals surface area contributed by atoms with Crippen molar-refractivity contribution < 1.29 is 14.3 Å². The molecule has 0 bridgehead atoms. The van der Waals surface area contributed by atoms with Gasteiger partial charge in [0.2, 0.25) is 0 Å². The summed E-state index contributed by atoms with van der Waals surface area (Å²) in [5, 5.41) is 0. The fraction of sp³-hybridized carbons (Fsp3) is 0.316.